The fraction of sp³-hybridized carbons (Fsp3) is 0.692. The highest BCUT2D eigenvalue weighted by Crippen LogP contribution is 2.17. The quantitative estimate of drug-likeness (QED) is 0.117. The molecule has 11 rings (SSSR count). The Morgan fingerprint density at radius 1 is 0.356 bits per heavy atom. The van der Waals surface area contributed by atoms with E-state index in [1.54, 1.807) is 39.1 Å². The minimum Gasteiger partial charge on any atom is -0.340 e. The van der Waals surface area contributed by atoms with Crippen molar-refractivity contribution < 1.29 is 0 Å². The van der Waals surface area contributed by atoms with Gasteiger partial charge in [0.05, 0.1) is 66.5 Å². The van der Waals surface area contributed by atoms with Crippen LogP contribution in [0.5, 0.6) is 0 Å². The van der Waals surface area contributed by atoms with E-state index in [1.807, 2.05) is 330 Å². The maximum atomic E-state index is 4.28. The Kier molecular flexibility index (Phi) is 92.8. The van der Waals surface area contributed by atoms with Crippen LogP contribution in [-0.4, -0.2) is 133 Å². The summed E-state index contributed by atoms with van der Waals surface area (Å²) in [6.45, 7) is 92.6. The highest BCUT2D eigenvalue weighted by molar-refractivity contribution is 5.14. The molecule has 0 spiro atoms. The molecule has 0 amide bonds. The predicted molar refractivity (Wildman–Crippen MR) is 508 cm³/mol. The van der Waals surface area contributed by atoms with Gasteiger partial charge >= 0.3 is 0 Å². The van der Waals surface area contributed by atoms with Crippen LogP contribution >= 0.6 is 0 Å². The van der Waals surface area contributed by atoms with Crippen LogP contribution in [0.2, 0.25) is 0 Å². The van der Waals surface area contributed by atoms with Crippen molar-refractivity contribution in [2.45, 2.75) is 377 Å². The summed E-state index contributed by atoms with van der Waals surface area (Å²) in [5, 5.41) is 43.1. The number of nitrogens with zero attached hydrogens (tertiary/aromatic N) is 27. The summed E-state index contributed by atoms with van der Waals surface area (Å²) in [6.07, 6.45) is 29.8. The van der Waals surface area contributed by atoms with Crippen molar-refractivity contribution in [1.82, 2.24) is 133 Å². The maximum Gasteiger partial charge on any atom is 0.171 e. The van der Waals surface area contributed by atoms with Gasteiger partial charge in [0.1, 0.15) is 6.33 Å². The molecule has 27 nitrogen and oxygen atoms in total. The highest BCUT2D eigenvalue weighted by Gasteiger charge is 2.10. The molecule has 11 aromatic heterocycles. The van der Waals surface area contributed by atoms with E-state index in [2.05, 4.69) is 236 Å². The molecular weight excluding hydrogens is 1470 g/mol. The van der Waals surface area contributed by atoms with E-state index in [-0.39, 0.29) is 0 Å². The fourth-order valence-electron chi connectivity index (χ4n) is 8.47. The van der Waals surface area contributed by atoms with Crippen LogP contribution in [0.4, 0.5) is 0 Å². The third kappa shape index (κ3) is 63.1. The summed E-state index contributed by atoms with van der Waals surface area (Å²) >= 11 is 0. The van der Waals surface area contributed by atoms with Crippen LogP contribution in [0.3, 0.4) is 0 Å². The molecule has 0 N–H and O–H groups in total. The zero-order valence-electron chi connectivity index (χ0n) is 85.8. The maximum absolute atomic E-state index is 4.28. The van der Waals surface area contributed by atoms with E-state index in [0.29, 0.717) is 65.6 Å². The molecule has 0 bridgehead atoms. The van der Waals surface area contributed by atoms with Gasteiger partial charge < -0.3 is 18.3 Å². The molecule has 0 radical (unpaired) electrons. The van der Waals surface area contributed by atoms with E-state index >= 15 is 0 Å². The van der Waals surface area contributed by atoms with Crippen LogP contribution in [0.1, 0.15) is 413 Å². The van der Waals surface area contributed by atoms with E-state index in [9.17, 15) is 0 Å². The first-order valence-corrected chi connectivity index (χ1v) is 44.1. The molecule has 118 heavy (non-hydrogen) atoms. The van der Waals surface area contributed by atoms with Crippen LogP contribution in [0, 0.1) is 20.8 Å². The van der Waals surface area contributed by atoms with Crippen LogP contribution in [-0.2, 0) is 49.3 Å². The molecule has 0 aliphatic carbocycles. The minimum atomic E-state index is 0.311. The highest BCUT2D eigenvalue weighted by atomic mass is 15.6. The molecule has 0 aliphatic heterocycles. The minimum absolute atomic E-state index is 0.311. The molecule has 0 saturated carbocycles. The third-order valence-electron chi connectivity index (χ3n) is 14.3. The number of aromatic nitrogens is 27. The number of hydrogen-bond donors (Lipinski definition) is 0. The van der Waals surface area contributed by atoms with Gasteiger partial charge in [-0.25, -0.2) is 24.9 Å². The van der Waals surface area contributed by atoms with Crippen molar-refractivity contribution in [3.63, 3.8) is 0 Å². The molecule has 0 atom stereocenters. The Morgan fingerprint density at radius 2 is 0.898 bits per heavy atom. The molecule has 0 fully saturated rings. The molecule has 684 valence electrons. The second-order valence-electron chi connectivity index (χ2n) is 27.0. The lowest BCUT2D eigenvalue weighted by atomic mass is 10.1. The van der Waals surface area contributed by atoms with Crippen molar-refractivity contribution in [3.05, 3.63) is 169 Å². The molecule has 0 aromatic carbocycles. The van der Waals surface area contributed by atoms with E-state index in [1.165, 1.54) is 34.0 Å². The zero-order chi connectivity index (χ0) is 94.5. The number of imidazole rings is 4. The molecule has 11 aromatic rings. The number of hydrogen-bond acceptors (Lipinski definition) is 16. The van der Waals surface area contributed by atoms with Gasteiger partial charge in [-0.1, -0.05) is 246 Å². The second kappa shape index (κ2) is 84.4. The first-order valence-electron chi connectivity index (χ1n) is 44.1. The molecule has 0 saturated heterocycles. The largest absolute Gasteiger partial charge is 0.340 e. The van der Waals surface area contributed by atoms with Crippen molar-refractivity contribution in [3.8, 4) is 0 Å². The van der Waals surface area contributed by atoms with Gasteiger partial charge in [-0.05, 0) is 135 Å². The fourth-order valence-corrected chi connectivity index (χ4v) is 8.47. The van der Waals surface area contributed by atoms with Crippen molar-refractivity contribution >= 4 is 0 Å². The van der Waals surface area contributed by atoms with Gasteiger partial charge in [-0.2, -0.15) is 25.2 Å². The van der Waals surface area contributed by atoms with Gasteiger partial charge in [0.2, 0.25) is 0 Å². The molecule has 0 unspecified atom stereocenters. The summed E-state index contributed by atoms with van der Waals surface area (Å²) in [4.78, 5) is 22.0. The third-order valence-corrected chi connectivity index (χ3v) is 14.3. The Labute approximate surface area is 724 Å². The monoisotopic (exact) mass is 1660 g/mol. The lowest BCUT2D eigenvalue weighted by Gasteiger charge is -2.03. The van der Waals surface area contributed by atoms with Crippen molar-refractivity contribution in [2.75, 3.05) is 0 Å². The Balaban J connectivity index is -0.000000133. The summed E-state index contributed by atoms with van der Waals surface area (Å²) in [5.74, 6) is 5.44. The lowest BCUT2D eigenvalue weighted by Crippen LogP contribution is -2.04. The van der Waals surface area contributed by atoms with E-state index in [4.69, 9.17) is 0 Å². The zero-order valence-corrected chi connectivity index (χ0v) is 85.8. The second-order valence-corrected chi connectivity index (χ2v) is 27.0. The Morgan fingerprint density at radius 3 is 1.08 bits per heavy atom. The summed E-state index contributed by atoms with van der Waals surface area (Å²) < 4.78 is 19.1. The van der Waals surface area contributed by atoms with Crippen LogP contribution in [0.15, 0.2) is 112 Å². The van der Waals surface area contributed by atoms with Gasteiger partial charge in [-0.3, -0.25) is 28.1 Å². The van der Waals surface area contributed by atoms with Gasteiger partial charge in [0.15, 0.2) is 11.6 Å². The molecule has 27 heteroatoms. The predicted octanol–water partition coefficient (Wildman–Crippen LogP) is 24.8. The normalized spacial score (nSPS) is 9.35. The lowest BCUT2D eigenvalue weighted by molar-refractivity contribution is 0.454. The first-order chi connectivity index (χ1) is 55.9. The molecular formula is C91H185N27. The topological polar surface area (TPSA) is 260 Å². The average Bonchev–Trinajstić information content (AvgIpc) is 1.73. The van der Waals surface area contributed by atoms with Gasteiger partial charge in [0, 0.05) is 146 Å². The van der Waals surface area contributed by atoms with E-state index in [0.717, 1.165) is 23.0 Å². The molecule has 11 heterocycles. The van der Waals surface area contributed by atoms with Crippen LogP contribution in [0.25, 0.3) is 0 Å². The standard InChI is InChI=1S/C8H14N2.C7H13N3.4C7H12N2.C6H11N3.2C6H10N2.C5H10N4.C5H9N3.10C2H6/c1-6(2)8-7(3)10(4)5-9-8;1-5(2)7-6(3)8-9-10(7)4;1-6(2)7-4-9(3)5-8-7;1-6(2)7-4-8-5-9(7)3;1-6(2)7-4-8-9(3)5-7;1-6(2)7-4-5-8-9(7)3;1-5(2)6-7-4-9(3)8-6;1-6(2)8-4-3-7-5-8;1-6(2)8-5-3-4-7-8;1-4(2)9-7-5(3)6-8-9;1-5(2)8-4-3-6-7-8;10*1-2/h5-6H,1-4H3;5H,1-4H3;4*4-6H,1-3H3;4-5H,1-3H3;2*3-6H,1-2H3;4H,1-3H3;3-5H,1-2H3;10*1-2H3. The van der Waals surface area contributed by atoms with Crippen molar-refractivity contribution in [2.24, 2.45) is 49.3 Å². The van der Waals surface area contributed by atoms with Crippen LogP contribution < -0.4 is 0 Å². The van der Waals surface area contributed by atoms with E-state index < -0.39 is 0 Å². The Bertz CT molecular complexity index is 3350. The van der Waals surface area contributed by atoms with Crippen molar-refractivity contribution in [1.29, 1.82) is 0 Å². The summed E-state index contributed by atoms with van der Waals surface area (Å²) in [6, 6.07) is 5.75. The smallest absolute Gasteiger partial charge is 0.171 e. The first kappa shape index (κ1) is 130. The Hall–Kier alpha value is -9.04. The van der Waals surface area contributed by atoms with Gasteiger partial charge in [0.25, 0.3) is 0 Å². The number of tetrazole rings is 1. The number of rotatable bonds is 11. The van der Waals surface area contributed by atoms with Gasteiger partial charge in [-0.15, -0.1) is 20.4 Å². The molecule has 0 aliphatic rings. The number of aryl methyl sites for hydroxylation is 9. The average molecular weight is 1660 g/mol. The summed E-state index contributed by atoms with van der Waals surface area (Å²) in [7, 11) is 13.7. The summed E-state index contributed by atoms with van der Waals surface area (Å²) in [5.41, 5.74) is 9.79. The SMILES string of the molecule is CC.CC.CC.CC.CC.CC.CC.CC.CC.CC.CC(C)c1ccnn1C.CC(C)c1cn(C)cn1.CC(C)c1cncn1C.CC(C)c1cnn(C)c1.CC(C)c1ncn(C)n1.CC(C)n1cccn1.CC(C)n1ccnc1.CC(C)n1ccnn1.Cc1c(C(C)C)ncn1C.Cc1nnn(C(C)C)n1.Cc1nnn(C)c1C(C)C.